The first-order valence-corrected chi connectivity index (χ1v) is 6.43. The molecule has 0 aliphatic heterocycles. The normalized spacial score (nSPS) is 10.8. The predicted octanol–water partition coefficient (Wildman–Crippen LogP) is 2.35. The third kappa shape index (κ3) is 8.18. The molecule has 1 aromatic rings. The summed E-state index contributed by atoms with van der Waals surface area (Å²) >= 11 is 1.74. The van der Waals surface area contributed by atoms with Crippen LogP contribution in [0.4, 0.5) is 0 Å². The first-order chi connectivity index (χ1) is 7.47. The number of carbonyl (C=O) groups is 1. The third-order valence-electron chi connectivity index (χ3n) is 2.15. The van der Waals surface area contributed by atoms with E-state index in [1.165, 1.54) is 4.88 Å². The van der Waals surface area contributed by atoms with Gasteiger partial charge in [-0.1, -0.05) is 6.07 Å². The van der Waals surface area contributed by atoms with Gasteiger partial charge in [-0.25, -0.2) is 0 Å². The molecule has 0 aromatic carbocycles. The van der Waals surface area contributed by atoms with E-state index in [1.54, 1.807) is 11.3 Å². The molecule has 5 heteroatoms. The van der Waals surface area contributed by atoms with Gasteiger partial charge in [-0.15, -0.1) is 23.7 Å². The Labute approximate surface area is 113 Å². The van der Waals surface area contributed by atoms with E-state index in [-0.39, 0.29) is 23.9 Å². The van der Waals surface area contributed by atoms with Crippen molar-refractivity contribution in [2.75, 3.05) is 6.54 Å². The summed E-state index contributed by atoms with van der Waals surface area (Å²) in [6.45, 7) is 4.34. The molecule has 0 spiro atoms. The second kappa shape index (κ2) is 7.69. The van der Waals surface area contributed by atoms with E-state index in [4.69, 9.17) is 5.73 Å². The highest BCUT2D eigenvalue weighted by atomic mass is 35.5. The summed E-state index contributed by atoms with van der Waals surface area (Å²) in [6.07, 6.45) is 2.46. The smallest absolute Gasteiger partial charge is 0.220 e. The Morgan fingerprint density at radius 1 is 1.53 bits per heavy atom. The van der Waals surface area contributed by atoms with Gasteiger partial charge in [0, 0.05) is 23.4 Å². The molecule has 0 atom stereocenters. The Morgan fingerprint density at radius 2 is 2.24 bits per heavy atom. The largest absolute Gasteiger partial charge is 0.354 e. The molecule has 0 saturated heterocycles. The lowest BCUT2D eigenvalue weighted by atomic mass is 10.1. The zero-order valence-electron chi connectivity index (χ0n) is 10.4. The van der Waals surface area contributed by atoms with Crippen LogP contribution in [-0.4, -0.2) is 18.0 Å². The maximum absolute atomic E-state index is 11.5. The first-order valence-electron chi connectivity index (χ1n) is 5.55. The lowest BCUT2D eigenvalue weighted by Crippen LogP contribution is -2.45. The Kier molecular flexibility index (Phi) is 7.43. The summed E-state index contributed by atoms with van der Waals surface area (Å²) < 4.78 is 0. The summed E-state index contributed by atoms with van der Waals surface area (Å²) in [7, 11) is 0. The average Bonchev–Trinajstić information content (AvgIpc) is 2.66. The van der Waals surface area contributed by atoms with Crippen molar-refractivity contribution in [2.24, 2.45) is 5.73 Å². The highest BCUT2D eigenvalue weighted by Gasteiger charge is 2.11. The molecule has 0 bridgehead atoms. The van der Waals surface area contributed by atoms with Gasteiger partial charge in [-0.2, -0.15) is 0 Å². The van der Waals surface area contributed by atoms with E-state index >= 15 is 0 Å². The van der Waals surface area contributed by atoms with Crippen molar-refractivity contribution < 1.29 is 4.79 Å². The van der Waals surface area contributed by atoms with Crippen molar-refractivity contribution in [1.29, 1.82) is 0 Å². The van der Waals surface area contributed by atoms with Crippen LogP contribution in [0.1, 0.15) is 31.6 Å². The molecule has 1 rings (SSSR count). The Hall–Kier alpha value is -0.580. The molecule has 3 nitrogen and oxygen atoms in total. The van der Waals surface area contributed by atoms with E-state index in [0.717, 1.165) is 12.8 Å². The molecule has 0 fully saturated rings. The van der Waals surface area contributed by atoms with Crippen molar-refractivity contribution in [2.45, 2.75) is 38.6 Å². The second-order valence-electron chi connectivity index (χ2n) is 4.70. The van der Waals surface area contributed by atoms with Gasteiger partial charge in [0.2, 0.25) is 5.91 Å². The van der Waals surface area contributed by atoms with Gasteiger partial charge in [0.15, 0.2) is 0 Å². The molecule has 0 radical (unpaired) electrons. The summed E-state index contributed by atoms with van der Waals surface area (Å²) in [4.78, 5) is 12.8. The Bertz CT molecular complexity index is 320. The molecule has 0 saturated carbocycles. The van der Waals surface area contributed by atoms with Gasteiger partial charge in [0.1, 0.15) is 0 Å². The maximum atomic E-state index is 11.5. The van der Waals surface area contributed by atoms with E-state index < -0.39 is 0 Å². The number of hydrogen-bond acceptors (Lipinski definition) is 3. The van der Waals surface area contributed by atoms with Crippen molar-refractivity contribution in [1.82, 2.24) is 5.32 Å². The third-order valence-corrected chi connectivity index (χ3v) is 3.08. The number of hydrogen-bond donors (Lipinski definition) is 2. The zero-order valence-corrected chi connectivity index (χ0v) is 12.0. The minimum atomic E-state index is -0.330. The molecule has 0 aliphatic rings. The average molecular weight is 277 g/mol. The topological polar surface area (TPSA) is 55.1 Å². The number of nitrogens with two attached hydrogens (primary N) is 1. The van der Waals surface area contributed by atoms with Gasteiger partial charge in [-0.05, 0) is 38.1 Å². The van der Waals surface area contributed by atoms with Crippen LogP contribution in [0.3, 0.4) is 0 Å². The summed E-state index contributed by atoms with van der Waals surface area (Å²) in [6, 6.07) is 4.14. The Morgan fingerprint density at radius 3 is 2.76 bits per heavy atom. The van der Waals surface area contributed by atoms with Crippen LogP contribution >= 0.6 is 23.7 Å². The monoisotopic (exact) mass is 276 g/mol. The van der Waals surface area contributed by atoms with Crippen molar-refractivity contribution in [3.8, 4) is 0 Å². The van der Waals surface area contributed by atoms with Gasteiger partial charge in [0.05, 0.1) is 0 Å². The van der Waals surface area contributed by atoms with Crippen LogP contribution < -0.4 is 11.1 Å². The number of carbonyl (C=O) groups excluding carboxylic acids is 1. The van der Waals surface area contributed by atoms with Crippen LogP contribution in [0.5, 0.6) is 0 Å². The Balaban J connectivity index is 0.00000256. The van der Waals surface area contributed by atoms with Crippen molar-refractivity contribution in [3.63, 3.8) is 0 Å². The maximum Gasteiger partial charge on any atom is 0.220 e. The molecule has 17 heavy (non-hydrogen) atoms. The summed E-state index contributed by atoms with van der Waals surface area (Å²) in [5, 5.41) is 4.90. The highest BCUT2D eigenvalue weighted by molar-refractivity contribution is 7.09. The molecule has 98 valence electrons. The molecular formula is C12H21ClN2OS. The lowest BCUT2D eigenvalue weighted by Gasteiger charge is -2.18. The van der Waals surface area contributed by atoms with E-state index in [9.17, 15) is 4.79 Å². The van der Waals surface area contributed by atoms with E-state index in [2.05, 4.69) is 16.8 Å². The van der Waals surface area contributed by atoms with Crippen LogP contribution in [0, 0.1) is 0 Å². The van der Waals surface area contributed by atoms with Crippen LogP contribution in [0.15, 0.2) is 17.5 Å². The highest BCUT2D eigenvalue weighted by Crippen LogP contribution is 2.11. The number of amides is 1. The van der Waals surface area contributed by atoms with Crippen molar-refractivity contribution >= 4 is 29.7 Å². The molecule has 1 amide bonds. The van der Waals surface area contributed by atoms with Crippen LogP contribution in [0.2, 0.25) is 0 Å². The standard InChI is InChI=1S/C12H20N2OS.ClH/c1-12(2,13)9-14-11(15)7-3-5-10-6-4-8-16-10;/h4,6,8H,3,5,7,9,13H2,1-2H3,(H,14,15);1H. The summed E-state index contributed by atoms with van der Waals surface area (Å²) in [5.74, 6) is 0.0927. The second-order valence-corrected chi connectivity index (χ2v) is 5.73. The lowest BCUT2D eigenvalue weighted by molar-refractivity contribution is -0.121. The fraction of sp³-hybridized carbons (Fsp3) is 0.583. The molecule has 1 heterocycles. The quantitative estimate of drug-likeness (QED) is 0.838. The van der Waals surface area contributed by atoms with Gasteiger partial charge in [0.25, 0.3) is 0 Å². The minimum absolute atomic E-state index is 0. The molecular weight excluding hydrogens is 256 g/mol. The SMILES string of the molecule is CC(C)(N)CNC(=O)CCCc1cccs1.Cl. The van der Waals surface area contributed by atoms with E-state index in [1.807, 2.05) is 19.9 Å². The summed E-state index contributed by atoms with van der Waals surface area (Å²) in [5.41, 5.74) is 5.45. The fourth-order valence-electron chi connectivity index (χ4n) is 1.29. The zero-order chi connectivity index (χ0) is 12.0. The minimum Gasteiger partial charge on any atom is -0.354 e. The van der Waals surface area contributed by atoms with Gasteiger partial charge < -0.3 is 11.1 Å². The van der Waals surface area contributed by atoms with E-state index in [0.29, 0.717) is 13.0 Å². The number of thiophene rings is 1. The molecule has 1 aromatic heterocycles. The number of halogens is 1. The van der Waals surface area contributed by atoms with Crippen LogP contribution in [-0.2, 0) is 11.2 Å². The first kappa shape index (κ1) is 16.4. The number of aryl methyl sites for hydroxylation is 1. The van der Waals surface area contributed by atoms with Crippen LogP contribution in [0.25, 0.3) is 0 Å². The van der Waals surface area contributed by atoms with Crippen molar-refractivity contribution in [3.05, 3.63) is 22.4 Å². The molecule has 3 N–H and O–H groups in total. The predicted molar refractivity (Wildman–Crippen MR) is 75.8 cm³/mol. The van der Waals surface area contributed by atoms with Gasteiger partial charge >= 0.3 is 0 Å². The number of nitrogens with one attached hydrogen (secondary N) is 1. The number of rotatable bonds is 6. The van der Waals surface area contributed by atoms with Gasteiger partial charge in [-0.3, -0.25) is 4.79 Å². The molecule has 0 aliphatic carbocycles. The molecule has 0 unspecified atom stereocenters. The fourth-order valence-corrected chi connectivity index (χ4v) is 2.04.